The molecule has 0 aromatic heterocycles. The van der Waals surface area contributed by atoms with E-state index in [-0.39, 0.29) is 12.5 Å². The molecule has 0 saturated carbocycles. The minimum absolute atomic E-state index is 0.121. The lowest BCUT2D eigenvalue weighted by molar-refractivity contribution is -0.141. The molecule has 13 heavy (non-hydrogen) atoms. The van der Waals surface area contributed by atoms with Crippen LogP contribution in [-0.2, 0) is 9.53 Å². The van der Waals surface area contributed by atoms with Gasteiger partial charge in [0.25, 0.3) is 0 Å². The summed E-state index contributed by atoms with van der Waals surface area (Å²) < 4.78 is 5.31. The van der Waals surface area contributed by atoms with E-state index in [1.807, 2.05) is 0 Å². The van der Waals surface area contributed by atoms with Crippen LogP contribution in [0.4, 0.5) is 0 Å². The highest BCUT2D eigenvalue weighted by Crippen LogP contribution is 2.03. The molecule has 0 atom stereocenters. The first kappa shape index (κ1) is 12.2. The Morgan fingerprint density at radius 3 is 2.77 bits per heavy atom. The molecule has 0 saturated heterocycles. The van der Waals surface area contributed by atoms with Crippen LogP contribution in [0.3, 0.4) is 0 Å². The lowest BCUT2D eigenvalue weighted by Gasteiger charge is -2.01. The fourth-order valence-electron chi connectivity index (χ4n) is 0.544. The number of rotatable bonds is 5. The topological polar surface area (TPSA) is 62.2 Å². The zero-order valence-corrected chi connectivity index (χ0v) is 9.27. The molecule has 0 spiro atoms. The van der Waals surface area contributed by atoms with Crippen molar-refractivity contribution in [3.8, 4) is 0 Å². The van der Waals surface area contributed by atoms with Gasteiger partial charge in [-0.3, -0.25) is 4.79 Å². The molecule has 0 rings (SSSR count). The molecule has 0 unspecified atom stereocenters. The molecule has 0 bridgehead atoms. The molecular weight excluding hydrogens is 236 g/mol. The first-order valence-electron chi connectivity index (χ1n) is 3.88. The largest absolute Gasteiger partial charge is 0.465 e. The molecule has 0 aliphatic carbocycles. The van der Waals surface area contributed by atoms with Gasteiger partial charge in [-0.1, -0.05) is 0 Å². The summed E-state index contributed by atoms with van der Waals surface area (Å²) >= 11 is 3.15. The number of ether oxygens (including phenoxy) is 1. The summed E-state index contributed by atoms with van der Waals surface area (Å²) in [5, 5.41) is 9.92. The van der Waals surface area contributed by atoms with E-state index >= 15 is 0 Å². The summed E-state index contributed by atoms with van der Waals surface area (Å²) in [6.45, 7) is 3.91. The zero-order valence-electron chi connectivity index (χ0n) is 7.69. The van der Waals surface area contributed by atoms with E-state index in [1.54, 1.807) is 20.0 Å². The molecular formula is C8H13BrN2O2. The Morgan fingerprint density at radius 2 is 2.31 bits per heavy atom. The fraction of sp³-hybridized carbons (Fsp3) is 0.500. The Balaban J connectivity index is 3.72. The second-order valence-corrected chi connectivity index (χ2v) is 3.16. The smallest absolute Gasteiger partial charge is 0.325 e. The van der Waals surface area contributed by atoms with Gasteiger partial charge in [-0.25, -0.2) is 0 Å². The maximum Gasteiger partial charge on any atom is 0.325 e. The van der Waals surface area contributed by atoms with Gasteiger partial charge in [0.15, 0.2) is 0 Å². The average molecular weight is 249 g/mol. The van der Waals surface area contributed by atoms with Gasteiger partial charge in [-0.15, -0.1) is 0 Å². The van der Waals surface area contributed by atoms with Crippen molar-refractivity contribution >= 4 is 27.6 Å². The predicted molar refractivity (Wildman–Crippen MR) is 55.0 cm³/mol. The normalized spacial score (nSPS) is 10.8. The van der Waals surface area contributed by atoms with Gasteiger partial charge in [-0.2, -0.15) is 0 Å². The van der Waals surface area contributed by atoms with Crippen LogP contribution in [0.5, 0.6) is 0 Å². The van der Waals surface area contributed by atoms with Crippen LogP contribution in [0.2, 0.25) is 0 Å². The molecule has 0 aliphatic rings. The number of carbonyl (C=O) groups is 1. The average Bonchev–Trinajstić information content (AvgIpc) is 2.04. The van der Waals surface area contributed by atoms with Crippen molar-refractivity contribution in [2.45, 2.75) is 13.8 Å². The lowest BCUT2D eigenvalue weighted by atomic mass is 10.4. The molecule has 0 aromatic rings. The van der Waals surface area contributed by atoms with Crippen LogP contribution in [0.15, 0.2) is 10.7 Å². The highest BCUT2D eigenvalue weighted by molar-refractivity contribution is 9.12. The highest BCUT2D eigenvalue weighted by Gasteiger charge is 1.98. The molecule has 0 aliphatic heterocycles. The molecule has 4 nitrogen and oxygen atoms in total. The molecule has 0 fully saturated rings. The number of esters is 1. The van der Waals surface area contributed by atoms with E-state index in [4.69, 9.17) is 5.41 Å². The van der Waals surface area contributed by atoms with Crippen molar-refractivity contribution in [2.24, 2.45) is 0 Å². The molecule has 0 heterocycles. The fourth-order valence-corrected chi connectivity index (χ4v) is 0.706. The van der Waals surface area contributed by atoms with E-state index < -0.39 is 0 Å². The second kappa shape index (κ2) is 6.65. The van der Waals surface area contributed by atoms with Gasteiger partial charge >= 0.3 is 5.97 Å². The quantitative estimate of drug-likeness (QED) is 0.572. The Bertz CT molecular complexity index is 226. The van der Waals surface area contributed by atoms with Gasteiger partial charge in [0.1, 0.15) is 6.54 Å². The maximum absolute atomic E-state index is 10.8. The highest BCUT2D eigenvalue weighted by atomic mass is 79.9. The molecule has 0 amide bonds. The number of halogens is 1. The van der Waals surface area contributed by atoms with E-state index in [1.165, 1.54) is 0 Å². The molecule has 5 heteroatoms. The Kier molecular flexibility index (Phi) is 6.22. The number of nitrogens with one attached hydrogen (secondary N) is 2. The Labute approximate surface area is 86.0 Å². The number of allylic oxidation sites excluding steroid dienone is 1. The van der Waals surface area contributed by atoms with Gasteiger partial charge in [0, 0.05) is 11.9 Å². The summed E-state index contributed by atoms with van der Waals surface area (Å²) in [6, 6.07) is 0. The first-order chi connectivity index (χ1) is 6.07. The Hall–Kier alpha value is -0.840. The van der Waals surface area contributed by atoms with Crippen molar-refractivity contribution in [3.05, 3.63) is 10.7 Å². The maximum atomic E-state index is 10.8. The van der Waals surface area contributed by atoms with E-state index in [2.05, 4.69) is 26.0 Å². The van der Waals surface area contributed by atoms with Gasteiger partial charge in [-0.05, 0) is 29.8 Å². The Morgan fingerprint density at radius 1 is 1.69 bits per heavy atom. The van der Waals surface area contributed by atoms with Crippen molar-refractivity contribution in [3.63, 3.8) is 0 Å². The summed E-state index contributed by atoms with van der Waals surface area (Å²) in [6.07, 6.45) is 1.55. The van der Waals surface area contributed by atoms with E-state index in [0.29, 0.717) is 16.8 Å². The van der Waals surface area contributed by atoms with Gasteiger partial charge in [0.2, 0.25) is 0 Å². The van der Waals surface area contributed by atoms with Gasteiger partial charge in [0.05, 0.1) is 11.1 Å². The van der Waals surface area contributed by atoms with Crippen LogP contribution >= 0.6 is 15.9 Å². The summed E-state index contributed by atoms with van der Waals surface area (Å²) in [5.41, 5.74) is 0.399. The van der Waals surface area contributed by atoms with Crippen LogP contribution in [0.25, 0.3) is 0 Å². The van der Waals surface area contributed by atoms with E-state index in [9.17, 15) is 4.79 Å². The van der Waals surface area contributed by atoms with Crippen LogP contribution in [0, 0.1) is 5.41 Å². The number of carbonyl (C=O) groups excluding carboxylic acids is 1. The summed E-state index contributed by atoms with van der Waals surface area (Å²) in [4.78, 5) is 10.8. The minimum atomic E-state index is -0.304. The SMILES string of the molecule is CCOC(=O)CN/C=C(/Br)C(C)=N. The summed E-state index contributed by atoms with van der Waals surface area (Å²) in [5.74, 6) is -0.304. The molecule has 0 aromatic carbocycles. The second-order valence-electron chi connectivity index (χ2n) is 2.30. The molecule has 74 valence electrons. The number of hydrogen-bond donors (Lipinski definition) is 2. The third kappa shape index (κ3) is 6.33. The lowest BCUT2D eigenvalue weighted by Crippen LogP contribution is -2.20. The van der Waals surface area contributed by atoms with Gasteiger partial charge < -0.3 is 15.5 Å². The minimum Gasteiger partial charge on any atom is -0.465 e. The monoisotopic (exact) mass is 248 g/mol. The third-order valence-corrected chi connectivity index (χ3v) is 1.96. The number of hydrogen-bond acceptors (Lipinski definition) is 4. The van der Waals surface area contributed by atoms with Crippen LogP contribution in [-0.4, -0.2) is 24.8 Å². The van der Waals surface area contributed by atoms with Crippen molar-refractivity contribution in [1.29, 1.82) is 5.41 Å². The van der Waals surface area contributed by atoms with Crippen molar-refractivity contribution < 1.29 is 9.53 Å². The third-order valence-electron chi connectivity index (χ3n) is 1.14. The van der Waals surface area contributed by atoms with Crippen LogP contribution in [0.1, 0.15) is 13.8 Å². The zero-order chi connectivity index (χ0) is 10.3. The molecule has 0 radical (unpaired) electrons. The first-order valence-corrected chi connectivity index (χ1v) is 4.67. The summed E-state index contributed by atoms with van der Waals surface area (Å²) in [7, 11) is 0. The standard InChI is InChI=1S/C8H13BrN2O2/c1-3-13-8(12)5-11-4-7(9)6(2)10/h4,10-11H,3,5H2,1-2H3/b7-4+,10-6?. The van der Waals surface area contributed by atoms with Crippen molar-refractivity contribution in [2.75, 3.05) is 13.2 Å². The predicted octanol–water partition coefficient (Wildman–Crippen LogP) is 1.42. The van der Waals surface area contributed by atoms with E-state index in [0.717, 1.165) is 0 Å². The van der Waals surface area contributed by atoms with Crippen molar-refractivity contribution in [1.82, 2.24) is 5.32 Å². The van der Waals surface area contributed by atoms with Crippen LogP contribution < -0.4 is 5.32 Å². The molecule has 2 N–H and O–H groups in total.